The molecular formula is C16H21FN4O. The lowest BCUT2D eigenvalue weighted by atomic mass is 9.92. The van der Waals surface area contributed by atoms with Crippen LogP contribution in [0.25, 0.3) is 11.0 Å². The fraction of sp³-hybridized carbons (Fsp3) is 0.500. The van der Waals surface area contributed by atoms with Crippen LogP contribution in [-0.2, 0) is 13.6 Å². The highest BCUT2D eigenvalue weighted by Crippen LogP contribution is 2.20. The normalized spacial score (nSPS) is 22.1. The number of rotatable bonds is 3. The average Bonchev–Trinajstić information content (AvgIpc) is 2.52. The predicted molar refractivity (Wildman–Crippen MR) is 84.0 cm³/mol. The first kappa shape index (κ1) is 15.1. The standard InChI is InChI=1S/C16H21FN4O/c1-21-15(22)7-6-14-16(21)12(13(17)9-20-14)8-19-11-4-2-10(18)3-5-11/h6-7,9-11,19H,2-5,8,18H2,1H3. The van der Waals surface area contributed by atoms with Gasteiger partial charge in [-0.1, -0.05) is 0 Å². The van der Waals surface area contributed by atoms with E-state index in [0.717, 1.165) is 25.7 Å². The van der Waals surface area contributed by atoms with Gasteiger partial charge in [0.15, 0.2) is 0 Å². The molecule has 0 atom stereocenters. The number of nitrogens with two attached hydrogens (primary N) is 1. The van der Waals surface area contributed by atoms with E-state index in [1.807, 2.05) is 0 Å². The van der Waals surface area contributed by atoms with Crippen LogP contribution in [0.5, 0.6) is 0 Å². The summed E-state index contributed by atoms with van der Waals surface area (Å²) in [4.78, 5) is 15.9. The number of aromatic nitrogens is 2. The van der Waals surface area contributed by atoms with Gasteiger partial charge in [-0.3, -0.25) is 9.78 Å². The van der Waals surface area contributed by atoms with Crippen LogP contribution in [0.4, 0.5) is 4.39 Å². The molecule has 2 heterocycles. The highest BCUT2D eigenvalue weighted by atomic mass is 19.1. The molecule has 0 aliphatic heterocycles. The van der Waals surface area contributed by atoms with Gasteiger partial charge in [-0.2, -0.15) is 0 Å². The minimum Gasteiger partial charge on any atom is -0.328 e. The molecule has 3 N–H and O–H groups in total. The highest BCUT2D eigenvalue weighted by Gasteiger charge is 2.19. The Morgan fingerprint density at radius 2 is 2.09 bits per heavy atom. The molecule has 0 amide bonds. The van der Waals surface area contributed by atoms with Crippen molar-refractivity contribution >= 4 is 11.0 Å². The van der Waals surface area contributed by atoms with Gasteiger partial charge < -0.3 is 15.6 Å². The molecule has 1 aliphatic carbocycles. The molecule has 1 saturated carbocycles. The molecule has 118 valence electrons. The zero-order valence-corrected chi connectivity index (χ0v) is 12.7. The first-order chi connectivity index (χ1) is 10.6. The Balaban J connectivity index is 1.88. The van der Waals surface area contributed by atoms with Crippen molar-refractivity contribution in [2.24, 2.45) is 12.8 Å². The summed E-state index contributed by atoms with van der Waals surface area (Å²) in [6.45, 7) is 0.391. The lowest BCUT2D eigenvalue weighted by Crippen LogP contribution is -2.37. The fourth-order valence-corrected chi connectivity index (χ4v) is 3.14. The summed E-state index contributed by atoms with van der Waals surface area (Å²) in [6.07, 6.45) is 5.22. The number of hydrogen-bond donors (Lipinski definition) is 2. The van der Waals surface area contributed by atoms with Crippen LogP contribution in [-0.4, -0.2) is 21.6 Å². The van der Waals surface area contributed by atoms with Crippen LogP contribution in [0.1, 0.15) is 31.2 Å². The molecule has 3 rings (SSSR count). The number of nitrogens with one attached hydrogen (secondary N) is 1. The van der Waals surface area contributed by atoms with E-state index in [9.17, 15) is 9.18 Å². The van der Waals surface area contributed by atoms with Gasteiger partial charge in [-0.05, 0) is 31.7 Å². The molecular weight excluding hydrogens is 283 g/mol. The van der Waals surface area contributed by atoms with E-state index in [2.05, 4.69) is 10.3 Å². The number of fused-ring (bicyclic) bond motifs is 1. The molecule has 1 aliphatic rings. The Labute approximate surface area is 128 Å². The molecule has 0 saturated heterocycles. The van der Waals surface area contributed by atoms with Crippen molar-refractivity contribution < 1.29 is 4.39 Å². The average molecular weight is 304 g/mol. The molecule has 0 radical (unpaired) electrons. The molecule has 6 heteroatoms. The van der Waals surface area contributed by atoms with Gasteiger partial charge in [-0.15, -0.1) is 0 Å². The van der Waals surface area contributed by atoms with E-state index in [-0.39, 0.29) is 17.4 Å². The molecule has 2 aromatic heterocycles. The van der Waals surface area contributed by atoms with Gasteiger partial charge in [0.1, 0.15) is 5.82 Å². The van der Waals surface area contributed by atoms with Crippen molar-refractivity contribution in [3.05, 3.63) is 40.1 Å². The molecule has 5 nitrogen and oxygen atoms in total. The maximum atomic E-state index is 14.2. The van der Waals surface area contributed by atoms with Crippen molar-refractivity contribution in [1.29, 1.82) is 0 Å². The van der Waals surface area contributed by atoms with E-state index in [4.69, 9.17) is 5.73 Å². The van der Waals surface area contributed by atoms with Gasteiger partial charge in [-0.25, -0.2) is 4.39 Å². The van der Waals surface area contributed by atoms with E-state index >= 15 is 0 Å². The third-order valence-corrected chi connectivity index (χ3v) is 4.52. The Morgan fingerprint density at radius 3 is 2.82 bits per heavy atom. The van der Waals surface area contributed by atoms with Crippen LogP contribution in [0.3, 0.4) is 0 Å². The molecule has 0 unspecified atom stereocenters. The summed E-state index contributed by atoms with van der Waals surface area (Å²) in [5, 5.41) is 3.40. The lowest BCUT2D eigenvalue weighted by molar-refractivity contribution is 0.340. The van der Waals surface area contributed by atoms with Crippen LogP contribution >= 0.6 is 0 Å². The molecule has 0 aromatic carbocycles. The quantitative estimate of drug-likeness (QED) is 0.900. The maximum absolute atomic E-state index is 14.2. The number of aryl methyl sites for hydroxylation is 1. The van der Waals surface area contributed by atoms with E-state index < -0.39 is 0 Å². The SMILES string of the molecule is Cn1c(=O)ccc2ncc(F)c(CNC3CCC(N)CC3)c21. The number of hydrogen-bond acceptors (Lipinski definition) is 4. The molecule has 0 bridgehead atoms. The van der Waals surface area contributed by atoms with Crippen molar-refractivity contribution in [2.75, 3.05) is 0 Å². The number of nitrogens with zero attached hydrogens (tertiary/aromatic N) is 2. The van der Waals surface area contributed by atoms with E-state index in [0.29, 0.717) is 29.2 Å². The molecule has 0 spiro atoms. The van der Waals surface area contributed by atoms with Crippen LogP contribution in [0.2, 0.25) is 0 Å². The Morgan fingerprint density at radius 1 is 1.36 bits per heavy atom. The molecule has 1 fully saturated rings. The minimum absolute atomic E-state index is 0.162. The summed E-state index contributed by atoms with van der Waals surface area (Å²) < 4.78 is 15.7. The maximum Gasteiger partial charge on any atom is 0.250 e. The number of pyridine rings is 2. The minimum atomic E-state index is -0.381. The third-order valence-electron chi connectivity index (χ3n) is 4.52. The summed E-state index contributed by atoms with van der Waals surface area (Å²) >= 11 is 0. The predicted octanol–water partition coefficient (Wildman–Crippen LogP) is 1.43. The second kappa shape index (κ2) is 6.14. The first-order valence-electron chi connectivity index (χ1n) is 7.68. The summed E-state index contributed by atoms with van der Waals surface area (Å²) in [7, 11) is 1.65. The van der Waals surface area contributed by atoms with Crippen molar-refractivity contribution in [1.82, 2.24) is 14.9 Å². The van der Waals surface area contributed by atoms with Crippen LogP contribution in [0.15, 0.2) is 23.1 Å². The van der Waals surface area contributed by atoms with Gasteiger partial charge in [0.25, 0.3) is 5.56 Å². The second-order valence-corrected chi connectivity index (χ2v) is 6.04. The van der Waals surface area contributed by atoms with E-state index in [1.54, 1.807) is 13.1 Å². The first-order valence-corrected chi connectivity index (χ1v) is 7.68. The van der Waals surface area contributed by atoms with Crippen molar-refractivity contribution in [2.45, 2.75) is 44.3 Å². The van der Waals surface area contributed by atoms with Gasteiger partial charge in [0, 0.05) is 37.3 Å². The molecule has 22 heavy (non-hydrogen) atoms. The summed E-state index contributed by atoms with van der Waals surface area (Å²) in [6, 6.07) is 3.73. The van der Waals surface area contributed by atoms with Gasteiger partial charge >= 0.3 is 0 Å². The lowest BCUT2D eigenvalue weighted by Gasteiger charge is -2.27. The fourth-order valence-electron chi connectivity index (χ4n) is 3.14. The number of halogens is 1. The Kier molecular flexibility index (Phi) is 4.22. The second-order valence-electron chi connectivity index (χ2n) is 6.04. The van der Waals surface area contributed by atoms with Gasteiger partial charge in [0.2, 0.25) is 0 Å². The van der Waals surface area contributed by atoms with E-state index in [1.165, 1.54) is 16.8 Å². The van der Waals surface area contributed by atoms with Crippen molar-refractivity contribution in [3.8, 4) is 0 Å². The van der Waals surface area contributed by atoms with Crippen molar-refractivity contribution in [3.63, 3.8) is 0 Å². The summed E-state index contributed by atoms with van der Waals surface area (Å²) in [5.41, 5.74) is 7.44. The van der Waals surface area contributed by atoms with Gasteiger partial charge in [0.05, 0.1) is 17.2 Å². The zero-order valence-electron chi connectivity index (χ0n) is 12.7. The molecule has 2 aromatic rings. The third kappa shape index (κ3) is 2.89. The zero-order chi connectivity index (χ0) is 15.7. The monoisotopic (exact) mass is 304 g/mol. The largest absolute Gasteiger partial charge is 0.328 e. The topological polar surface area (TPSA) is 72.9 Å². The van der Waals surface area contributed by atoms with Crippen LogP contribution < -0.4 is 16.6 Å². The summed E-state index contributed by atoms with van der Waals surface area (Å²) in [5.74, 6) is -0.381. The Bertz CT molecular complexity index is 735. The highest BCUT2D eigenvalue weighted by molar-refractivity contribution is 5.78. The Hall–Kier alpha value is -1.79. The smallest absolute Gasteiger partial charge is 0.250 e. The van der Waals surface area contributed by atoms with Crippen LogP contribution in [0, 0.1) is 5.82 Å².